The summed E-state index contributed by atoms with van der Waals surface area (Å²) in [5, 5.41) is 1.60. The molecular weight excluding hydrogens is 398 g/mol. The molecule has 1 heterocycles. The third kappa shape index (κ3) is 3.21. The molecule has 0 unspecified atom stereocenters. The van der Waals surface area contributed by atoms with Gasteiger partial charge in [0.15, 0.2) is 0 Å². The Hall–Kier alpha value is -0.710. The zero-order valence-electron chi connectivity index (χ0n) is 14.3. The number of aliphatic imine (C=N–C) groups is 1. The molecule has 1 nitrogen and oxygen atoms in total. The van der Waals surface area contributed by atoms with Crippen molar-refractivity contribution < 1.29 is 0 Å². The average molecular weight is 420 g/mol. The Morgan fingerprint density at radius 3 is 2.50 bits per heavy atom. The van der Waals surface area contributed by atoms with Crippen molar-refractivity contribution >= 4 is 50.2 Å². The minimum absolute atomic E-state index is 0.101. The van der Waals surface area contributed by atoms with Gasteiger partial charge in [-0.15, -0.1) is 11.8 Å². The van der Waals surface area contributed by atoms with E-state index in [0.717, 1.165) is 21.7 Å². The third-order valence-corrected chi connectivity index (χ3v) is 7.41. The lowest BCUT2D eigenvalue weighted by molar-refractivity contribution is 0.619. The van der Waals surface area contributed by atoms with E-state index in [1.165, 1.54) is 16.2 Å². The SMILES string of the molecule is CCSC1=Nc2ccc(Br)cc2[C@H](SCC)[C@]1(C)c1ccccc1. The highest BCUT2D eigenvalue weighted by Crippen LogP contribution is 2.55. The van der Waals surface area contributed by atoms with E-state index in [9.17, 15) is 0 Å². The Labute approximate surface area is 161 Å². The van der Waals surface area contributed by atoms with Crippen molar-refractivity contribution in [3.05, 3.63) is 64.1 Å². The van der Waals surface area contributed by atoms with Gasteiger partial charge >= 0.3 is 0 Å². The fourth-order valence-corrected chi connectivity index (χ4v) is 6.00. The summed E-state index contributed by atoms with van der Waals surface area (Å²) in [7, 11) is 0. The van der Waals surface area contributed by atoms with Gasteiger partial charge in [0, 0.05) is 9.72 Å². The third-order valence-electron chi connectivity index (χ3n) is 4.45. The normalized spacial score (nSPS) is 22.8. The topological polar surface area (TPSA) is 12.4 Å². The second-order valence-corrected chi connectivity index (χ2v) is 9.51. The highest BCUT2D eigenvalue weighted by atomic mass is 79.9. The lowest BCUT2D eigenvalue weighted by Gasteiger charge is -2.42. The Balaban J connectivity index is 2.24. The molecule has 24 heavy (non-hydrogen) atoms. The molecule has 0 aliphatic carbocycles. The van der Waals surface area contributed by atoms with Crippen molar-refractivity contribution in [3.8, 4) is 0 Å². The van der Waals surface area contributed by atoms with Crippen LogP contribution in [0, 0.1) is 0 Å². The van der Waals surface area contributed by atoms with E-state index in [1.54, 1.807) is 0 Å². The van der Waals surface area contributed by atoms with Gasteiger partial charge < -0.3 is 0 Å². The van der Waals surface area contributed by atoms with E-state index in [4.69, 9.17) is 4.99 Å². The van der Waals surface area contributed by atoms with E-state index < -0.39 is 0 Å². The van der Waals surface area contributed by atoms with Crippen LogP contribution in [0.1, 0.15) is 37.1 Å². The van der Waals surface area contributed by atoms with E-state index in [-0.39, 0.29) is 5.41 Å². The van der Waals surface area contributed by atoms with Crippen LogP contribution in [0.25, 0.3) is 0 Å². The number of hydrogen-bond donors (Lipinski definition) is 0. The van der Waals surface area contributed by atoms with Gasteiger partial charge in [0.1, 0.15) is 0 Å². The first-order valence-corrected chi connectivity index (χ1v) is 11.1. The molecule has 0 spiro atoms. The summed E-state index contributed by atoms with van der Waals surface area (Å²) in [6, 6.07) is 17.3. The fourth-order valence-electron chi connectivity index (χ4n) is 3.29. The van der Waals surface area contributed by atoms with E-state index in [0.29, 0.717) is 5.25 Å². The van der Waals surface area contributed by atoms with Crippen LogP contribution in [0.5, 0.6) is 0 Å². The van der Waals surface area contributed by atoms with Crippen molar-refractivity contribution in [2.45, 2.75) is 31.4 Å². The van der Waals surface area contributed by atoms with Gasteiger partial charge in [0.25, 0.3) is 0 Å². The summed E-state index contributed by atoms with van der Waals surface area (Å²) in [4.78, 5) is 5.08. The van der Waals surface area contributed by atoms with Crippen LogP contribution in [-0.2, 0) is 5.41 Å². The van der Waals surface area contributed by atoms with Crippen LogP contribution < -0.4 is 0 Å². The average Bonchev–Trinajstić information content (AvgIpc) is 2.60. The standard InChI is InChI=1S/C20H22BrNS2/c1-4-23-18-16-13-15(21)11-12-17(16)22-19(24-5-2)20(18,3)14-9-7-6-8-10-14/h6-13,18H,4-5H2,1-3H3/t18-,20-/m0/s1. The van der Waals surface area contributed by atoms with Gasteiger partial charge in [-0.3, -0.25) is 0 Å². The van der Waals surface area contributed by atoms with E-state index in [1.807, 2.05) is 23.5 Å². The molecule has 2 aromatic rings. The van der Waals surface area contributed by atoms with Crippen LogP contribution in [0.2, 0.25) is 0 Å². The van der Waals surface area contributed by atoms with Crippen LogP contribution in [-0.4, -0.2) is 16.5 Å². The van der Waals surface area contributed by atoms with Crippen molar-refractivity contribution in [1.29, 1.82) is 0 Å². The molecule has 1 aliphatic heterocycles. The Morgan fingerprint density at radius 2 is 1.83 bits per heavy atom. The van der Waals surface area contributed by atoms with Crippen LogP contribution in [0.15, 0.2) is 58.0 Å². The first-order valence-electron chi connectivity index (χ1n) is 8.29. The maximum absolute atomic E-state index is 5.08. The van der Waals surface area contributed by atoms with Gasteiger partial charge in [-0.05, 0) is 47.8 Å². The number of rotatable bonds is 4. The molecule has 0 radical (unpaired) electrons. The first-order chi connectivity index (χ1) is 11.6. The fraction of sp³-hybridized carbons (Fsp3) is 0.350. The molecule has 0 saturated carbocycles. The highest BCUT2D eigenvalue weighted by molar-refractivity contribution is 9.10. The van der Waals surface area contributed by atoms with Gasteiger partial charge in [-0.1, -0.05) is 60.1 Å². The van der Waals surface area contributed by atoms with Crippen molar-refractivity contribution in [3.63, 3.8) is 0 Å². The number of benzene rings is 2. The molecule has 0 bridgehead atoms. The zero-order chi connectivity index (χ0) is 17.2. The summed E-state index contributed by atoms with van der Waals surface area (Å²) in [6.07, 6.45) is 0. The second-order valence-electron chi connectivity index (χ2n) is 5.96. The minimum atomic E-state index is -0.101. The van der Waals surface area contributed by atoms with Gasteiger partial charge in [-0.2, -0.15) is 11.8 Å². The zero-order valence-corrected chi connectivity index (χ0v) is 17.5. The van der Waals surface area contributed by atoms with Gasteiger partial charge in [0.2, 0.25) is 0 Å². The maximum Gasteiger partial charge on any atom is 0.0856 e. The predicted molar refractivity (Wildman–Crippen MR) is 114 cm³/mol. The number of thioether (sulfide) groups is 2. The van der Waals surface area contributed by atoms with Crippen molar-refractivity contribution in [1.82, 2.24) is 0 Å². The predicted octanol–water partition coefficient (Wildman–Crippen LogP) is 7.00. The Kier molecular flexibility index (Phi) is 5.78. The summed E-state index contributed by atoms with van der Waals surface area (Å²) >= 11 is 7.54. The molecule has 2 aromatic carbocycles. The minimum Gasteiger partial charge on any atom is -0.245 e. The summed E-state index contributed by atoms with van der Waals surface area (Å²) in [5.41, 5.74) is 3.70. The number of fused-ring (bicyclic) bond motifs is 1. The Morgan fingerprint density at radius 1 is 1.08 bits per heavy atom. The molecule has 0 N–H and O–H groups in total. The maximum atomic E-state index is 5.08. The molecule has 4 heteroatoms. The molecular formula is C20H22BrNS2. The molecule has 2 atom stereocenters. The van der Waals surface area contributed by atoms with Gasteiger partial charge in [0.05, 0.1) is 16.1 Å². The summed E-state index contributed by atoms with van der Waals surface area (Å²) < 4.78 is 1.13. The molecule has 3 rings (SSSR count). The lowest BCUT2D eigenvalue weighted by Crippen LogP contribution is -2.38. The van der Waals surface area contributed by atoms with Crippen LogP contribution >= 0.6 is 39.5 Å². The monoisotopic (exact) mass is 419 g/mol. The molecule has 0 amide bonds. The number of nitrogens with zero attached hydrogens (tertiary/aromatic N) is 1. The molecule has 0 saturated heterocycles. The summed E-state index contributed by atoms with van der Waals surface area (Å²) in [6.45, 7) is 6.81. The second kappa shape index (κ2) is 7.67. The molecule has 1 aliphatic rings. The van der Waals surface area contributed by atoms with E-state index >= 15 is 0 Å². The van der Waals surface area contributed by atoms with Crippen molar-refractivity contribution in [2.75, 3.05) is 11.5 Å². The number of halogens is 1. The van der Waals surface area contributed by atoms with Crippen LogP contribution in [0.4, 0.5) is 5.69 Å². The molecule has 126 valence electrons. The highest BCUT2D eigenvalue weighted by Gasteiger charge is 2.45. The molecule has 0 aromatic heterocycles. The van der Waals surface area contributed by atoms with Crippen LogP contribution in [0.3, 0.4) is 0 Å². The smallest absolute Gasteiger partial charge is 0.0856 e. The van der Waals surface area contributed by atoms with E-state index in [2.05, 4.69) is 85.2 Å². The lowest BCUT2D eigenvalue weighted by atomic mass is 9.75. The van der Waals surface area contributed by atoms with Crippen molar-refractivity contribution in [2.24, 2.45) is 4.99 Å². The van der Waals surface area contributed by atoms with Gasteiger partial charge in [-0.25, -0.2) is 4.99 Å². The Bertz CT molecular complexity index is 745. The quantitative estimate of drug-likeness (QED) is 0.528. The first kappa shape index (κ1) is 18.1. The molecule has 0 fully saturated rings. The summed E-state index contributed by atoms with van der Waals surface area (Å²) in [5.74, 6) is 2.12. The largest absolute Gasteiger partial charge is 0.245 e. The number of hydrogen-bond acceptors (Lipinski definition) is 3.